The van der Waals surface area contributed by atoms with Gasteiger partial charge >= 0.3 is 0 Å². The predicted molar refractivity (Wildman–Crippen MR) is 117 cm³/mol. The summed E-state index contributed by atoms with van der Waals surface area (Å²) in [5, 5.41) is 15.5. The lowest BCUT2D eigenvalue weighted by molar-refractivity contribution is -0.384. The number of hydrogen-bond acceptors (Lipinski definition) is 6. The highest BCUT2D eigenvalue weighted by molar-refractivity contribution is 7.91. The van der Waals surface area contributed by atoms with Crippen molar-refractivity contribution in [1.82, 2.24) is 4.31 Å². The summed E-state index contributed by atoms with van der Waals surface area (Å²) in [6, 6.07) is 13.8. The molecule has 0 spiro atoms. The SMILES string of the molecule is Cc1ccc([N+](=O)[O-])cc1NC(=O)C1Cc2ccccc2CN1S(=O)(=O)c1cccs1. The quantitative estimate of drug-likeness (QED) is 0.464. The maximum absolute atomic E-state index is 13.3. The van der Waals surface area contributed by atoms with E-state index in [0.717, 1.165) is 22.5 Å². The molecule has 2 aromatic carbocycles. The Bertz CT molecular complexity index is 1260. The predicted octanol–water partition coefficient (Wildman–Crippen LogP) is 3.72. The molecule has 1 unspecified atom stereocenters. The molecule has 31 heavy (non-hydrogen) atoms. The molecule has 0 fully saturated rings. The van der Waals surface area contributed by atoms with Crippen LogP contribution in [0.15, 0.2) is 64.2 Å². The molecule has 1 aromatic heterocycles. The van der Waals surface area contributed by atoms with Crippen LogP contribution in [0.5, 0.6) is 0 Å². The van der Waals surface area contributed by atoms with Gasteiger partial charge in [0.2, 0.25) is 5.91 Å². The number of anilines is 1. The summed E-state index contributed by atoms with van der Waals surface area (Å²) < 4.78 is 28.0. The summed E-state index contributed by atoms with van der Waals surface area (Å²) in [5.41, 5.74) is 2.52. The van der Waals surface area contributed by atoms with E-state index < -0.39 is 26.9 Å². The Kier molecular flexibility index (Phi) is 5.61. The van der Waals surface area contributed by atoms with Crippen molar-refractivity contribution >= 4 is 38.6 Å². The number of carbonyl (C=O) groups excluding carboxylic acids is 1. The van der Waals surface area contributed by atoms with Crippen molar-refractivity contribution in [2.75, 3.05) is 5.32 Å². The van der Waals surface area contributed by atoms with Gasteiger partial charge in [-0.15, -0.1) is 11.3 Å². The molecule has 1 aliphatic heterocycles. The second-order valence-electron chi connectivity index (χ2n) is 7.22. The zero-order valence-electron chi connectivity index (χ0n) is 16.5. The van der Waals surface area contributed by atoms with Crippen molar-refractivity contribution in [2.24, 2.45) is 0 Å². The minimum Gasteiger partial charge on any atom is -0.324 e. The van der Waals surface area contributed by atoms with Crippen LogP contribution in [0.3, 0.4) is 0 Å². The van der Waals surface area contributed by atoms with Gasteiger partial charge in [0.05, 0.1) is 10.6 Å². The first-order valence-corrected chi connectivity index (χ1v) is 11.8. The summed E-state index contributed by atoms with van der Waals surface area (Å²) in [6.07, 6.45) is 0.209. The van der Waals surface area contributed by atoms with Crippen LogP contribution in [0.1, 0.15) is 16.7 Å². The van der Waals surface area contributed by atoms with E-state index in [2.05, 4.69) is 5.32 Å². The number of nitro groups is 1. The first-order chi connectivity index (χ1) is 14.8. The second kappa shape index (κ2) is 8.22. The Morgan fingerprint density at radius 2 is 1.90 bits per heavy atom. The third-order valence-electron chi connectivity index (χ3n) is 5.26. The Morgan fingerprint density at radius 3 is 2.58 bits per heavy atom. The minimum absolute atomic E-state index is 0.0718. The van der Waals surface area contributed by atoms with Gasteiger partial charge in [0.15, 0.2) is 0 Å². The topological polar surface area (TPSA) is 110 Å². The molecule has 160 valence electrons. The van der Waals surface area contributed by atoms with Crippen LogP contribution in [-0.2, 0) is 27.8 Å². The number of thiophene rings is 1. The summed E-state index contributed by atoms with van der Waals surface area (Å²) in [5.74, 6) is -0.529. The lowest BCUT2D eigenvalue weighted by Gasteiger charge is -2.34. The zero-order valence-corrected chi connectivity index (χ0v) is 18.2. The van der Waals surface area contributed by atoms with E-state index in [1.165, 1.54) is 22.5 Å². The minimum atomic E-state index is -3.90. The average Bonchev–Trinajstić information content (AvgIpc) is 3.30. The first-order valence-electron chi connectivity index (χ1n) is 9.45. The summed E-state index contributed by atoms with van der Waals surface area (Å²) in [7, 11) is -3.90. The molecule has 0 saturated heterocycles. The van der Waals surface area contributed by atoms with Crippen LogP contribution in [0.4, 0.5) is 11.4 Å². The van der Waals surface area contributed by atoms with Gasteiger partial charge in [-0.1, -0.05) is 36.4 Å². The molecule has 0 saturated carbocycles. The van der Waals surface area contributed by atoms with Gasteiger partial charge in [0.1, 0.15) is 10.3 Å². The maximum atomic E-state index is 13.3. The average molecular weight is 458 g/mol. The molecule has 2 heterocycles. The number of sulfonamides is 1. The number of nitro benzene ring substituents is 1. The molecular formula is C21H19N3O5S2. The van der Waals surface area contributed by atoms with Crippen LogP contribution in [0.2, 0.25) is 0 Å². The van der Waals surface area contributed by atoms with Gasteiger partial charge in [-0.2, -0.15) is 4.31 Å². The molecule has 0 radical (unpaired) electrons. The van der Waals surface area contributed by atoms with Crippen LogP contribution < -0.4 is 5.32 Å². The van der Waals surface area contributed by atoms with Crippen LogP contribution in [0.25, 0.3) is 0 Å². The number of aryl methyl sites for hydroxylation is 1. The molecule has 10 heteroatoms. The van der Waals surface area contributed by atoms with E-state index in [1.807, 2.05) is 24.3 Å². The number of fused-ring (bicyclic) bond motifs is 1. The fourth-order valence-electron chi connectivity index (χ4n) is 3.58. The lowest BCUT2D eigenvalue weighted by atomic mass is 9.95. The monoisotopic (exact) mass is 457 g/mol. The lowest BCUT2D eigenvalue weighted by Crippen LogP contribution is -2.50. The van der Waals surface area contributed by atoms with E-state index >= 15 is 0 Å². The van der Waals surface area contributed by atoms with Gasteiger partial charge < -0.3 is 5.32 Å². The van der Waals surface area contributed by atoms with Crippen LogP contribution in [0, 0.1) is 17.0 Å². The third kappa shape index (κ3) is 4.09. The number of carbonyl (C=O) groups is 1. The molecule has 0 aliphatic carbocycles. The normalized spacial score (nSPS) is 16.5. The van der Waals surface area contributed by atoms with E-state index in [-0.39, 0.29) is 28.5 Å². The Labute approximate surface area is 183 Å². The van der Waals surface area contributed by atoms with Crippen molar-refractivity contribution in [3.8, 4) is 0 Å². The number of amides is 1. The second-order valence-corrected chi connectivity index (χ2v) is 10.3. The molecular weight excluding hydrogens is 438 g/mol. The largest absolute Gasteiger partial charge is 0.324 e. The van der Waals surface area contributed by atoms with E-state index in [4.69, 9.17) is 0 Å². The smallest absolute Gasteiger partial charge is 0.271 e. The van der Waals surface area contributed by atoms with E-state index in [9.17, 15) is 23.3 Å². The number of nitrogens with zero attached hydrogens (tertiary/aromatic N) is 2. The number of non-ortho nitro benzene ring substituents is 1. The number of rotatable bonds is 5. The van der Waals surface area contributed by atoms with Gasteiger partial charge in [-0.05, 0) is 41.5 Å². The molecule has 1 atom stereocenters. The molecule has 0 bridgehead atoms. The van der Waals surface area contributed by atoms with Crippen LogP contribution >= 0.6 is 11.3 Å². The third-order valence-corrected chi connectivity index (χ3v) is 8.48. The summed E-state index contributed by atoms with van der Waals surface area (Å²) >= 11 is 1.09. The van der Waals surface area contributed by atoms with Crippen molar-refractivity contribution in [3.63, 3.8) is 0 Å². The number of hydrogen-bond donors (Lipinski definition) is 1. The fraction of sp³-hybridized carbons (Fsp3) is 0.190. The van der Waals surface area contributed by atoms with Gasteiger partial charge in [0.25, 0.3) is 15.7 Å². The summed E-state index contributed by atoms with van der Waals surface area (Å²) in [4.78, 5) is 23.8. The summed E-state index contributed by atoms with van der Waals surface area (Å²) in [6.45, 7) is 1.79. The Hall–Kier alpha value is -3.08. The molecule has 1 amide bonds. The van der Waals surface area contributed by atoms with Gasteiger partial charge in [0, 0.05) is 18.7 Å². The highest BCUT2D eigenvalue weighted by atomic mass is 32.2. The highest BCUT2D eigenvalue weighted by Crippen LogP contribution is 2.32. The fourth-order valence-corrected chi connectivity index (χ4v) is 6.26. The van der Waals surface area contributed by atoms with Crippen molar-refractivity contribution < 1.29 is 18.1 Å². The maximum Gasteiger partial charge on any atom is 0.271 e. The number of nitrogens with one attached hydrogen (secondary N) is 1. The molecule has 3 aromatic rings. The first kappa shape index (κ1) is 21.2. The standard InChI is InChI=1S/C21H19N3O5S2/c1-14-8-9-17(24(26)27)12-18(14)22-21(25)19-11-15-5-2-3-6-16(15)13-23(19)31(28,29)20-7-4-10-30-20/h2-10,12,19H,11,13H2,1H3,(H,22,25). The van der Waals surface area contributed by atoms with E-state index in [1.54, 1.807) is 24.4 Å². The van der Waals surface area contributed by atoms with Crippen molar-refractivity contribution in [2.45, 2.75) is 30.1 Å². The Morgan fingerprint density at radius 1 is 1.16 bits per heavy atom. The van der Waals surface area contributed by atoms with Gasteiger partial charge in [-0.25, -0.2) is 8.42 Å². The molecule has 1 aliphatic rings. The molecule has 4 rings (SSSR count). The van der Waals surface area contributed by atoms with Crippen molar-refractivity contribution in [3.05, 3.63) is 86.8 Å². The molecule has 1 N–H and O–H groups in total. The van der Waals surface area contributed by atoms with Crippen molar-refractivity contribution in [1.29, 1.82) is 0 Å². The van der Waals surface area contributed by atoms with E-state index in [0.29, 0.717) is 5.56 Å². The Balaban J connectivity index is 1.71. The zero-order chi connectivity index (χ0) is 22.2. The van der Waals surface area contributed by atoms with Gasteiger partial charge in [-0.3, -0.25) is 14.9 Å². The highest BCUT2D eigenvalue weighted by Gasteiger charge is 2.40. The van der Waals surface area contributed by atoms with Crippen LogP contribution in [-0.4, -0.2) is 29.6 Å². The molecule has 8 nitrogen and oxygen atoms in total. The number of benzene rings is 2.